The number of nitrogens with zero attached hydrogens (tertiary/aromatic N) is 1. The highest BCUT2D eigenvalue weighted by atomic mass is 16.5. The monoisotopic (exact) mass is 292 g/mol. The van der Waals surface area contributed by atoms with E-state index in [-0.39, 0.29) is 11.9 Å². The number of methoxy groups -OCH3 is 1. The van der Waals surface area contributed by atoms with Crippen LogP contribution in [0.4, 0.5) is 11.4 Å². The van der Waals surface area contributed by atoms with Gasteiger partial charge >= 0.3 is 0 Å². The molecule has 1 aliphatic rings. The molecule has 1 unspecified atom stereocenters. The van der Waals surface area contributed by atoms with Gasteiger partial charge in [0.15, 0.2) is 0 Å². The summed E-state index contributed by atoms with van der Waals surface area (Å²) < 4.78 is 5.25. The van der Waals surface area contributed by atoms with Crippen LogP contribution in [0.15, 0.2) is 18.2 Å². The summed E-state index contributed by atoms with van der Waals surface area (Å²) >= 11 is 0. The number of amides is 1. The van der Waals surface area contributed by atoms with Crippen LogP contribution in [0.5, 0.6) is 5.75 Å². The molecule has 6 nitrogen and oxygen atoms in total. The minimum Gasteiger partial charge on any atom is -0.494 e. The lowest BCUT2D eigenvalue weighted by Gasteiger charge is -2.26. The van der Waals surface area contributed by atoms with Crippen LogP contribution in [0.25, 0.3) is 0 Å². The lowest BCUT2D eigenvalue weighted by molar-refractivity contribution is -0.120. The molecule has 1 heterocycles. The SMILES string of the molecule is COc1cc(N)ccc1NC(=O)C(C)N1CCCNCC1. The summed E-state index contributed by atoms with van der Waals surface area (Å²) in [6.07, 6.45) is 1.06. The number of hydrogen-bond donors (Lipinski definition) is 3. The van der Waals surface area contributed by atoms with Crippen molar-refractivity contribution in [2.45, 2.75) is 19.4 Å². The number of carbonyl (C=O) groups excluding carboxylic acids is 1. The van der Waals surface area contributed by atoms with E-state index in [9.17, 15) is 4.79 Å². The molecule has 1 amide bonds. The second kappa shape index (κ2) is 7.28. The largest absolute Gasteiger partial charge is 0.494 e. The zero-order valence-corrected chi connectivity index (χ0v) is 12.7. The van der Waals surface area contributed by atoms with Gasteiger partial charge in [-0.2, -0.15) is 0 Å². The molecule has 1 aliphatic heterocycles. The molecule has 1 aromatic rings. The van der Waals surface area contributed by atoms with Crippen molar-refractivity contribution in [3.8, 4) is 5.75 Å². The third-order valence-corrected chi connectivity index (χ3v) is 3.79. The quantitative estimate of drug-likeness (QED) is 0.719. The predicted octanol–water partition coefficient (Wildman–Crippen LogP) is 0.900. The Balaban J connectivity index is 2.03. The molecule has 1 fully saturated rings. The summed E-state index contributed by atoms with van der Waals surface area (Å²) in [5.41, 5.74) is 6.98. The van der Waals surface area contributed by atoms with Crippen LogP contribution >= 0.6 is 0 Å². The van der Waals surface area contributed by atoms with Crippen molar-refractivity contribution in [1.82, 2.24) is 10.2 Å². The molecule has 4 N–H and O–H groups in total. The number of nitrogens with one attached hydrogen (secondary N) is 2. The first-order chi connectivity index (χ1) is 10.1. The number of hydrogen-bond acceptors (Lipinski definition) is 5. The summed E-state index contributed by atoms with van der Waals surface area (Å²) in [7, 11) is 1.56. The highest BCUT2D eigenvalue weighted by Gasteiger charge is 2.22. The van der Waals surface area contributed by atoms with E-state index < -0.39 is 0 Å². The predicted molar refractivity (Wildman–Crippen MR) is 84.6 cm³/mol. The Morgan fingerprint density at radius 2 is 2.24 bits per heavy atom. The fourth-order valence-corrected chi connectivity index (χ4v) is 2.47. The van der Waals surface area contributed by atoms with E-state index in [1.54, 1.807) is 25.3 Å². The van der Waals surface area contributed by atoms with Gasteiger partial charge in [0.05, 0.1) is 18.8 Å². The Morgan fingerprint density at radius 3 is 3.00 bits per heavy atom. The first-order valence-electron chi connectivity index (χ1n) is 7.31. The second-order valence-corrected chi connectivity index (χ2v) is 5.26. The van der Waals surface area contributed by atoms with Crippen LogP contribution in [-0.2, 0) is 4.79 Å². The number of ether oxygens (including phenoxy) is 1. The summed E-state index contributed by atoms with van der Waals surface area (Å²) in [4.78, 5) is 14.6. The van der Waals surface area contributed by atoms with Crippen LogP contribution in [0, 0.1) is 0 Å². The zero-order valence-electron chi connectivity index (χ0n) is 12.7. The fraction of sp³-hybridized carbons (Fsp3) is 0.533. The van der Waals surface area contributed by atoms with E-state index in [1.165, 1.54) is 0 Å². The average Bonchev–Trinajstić information content (AvgIpc) is 2.77. The first kappa shape index (κ1) is 15.6. The maximum Gasteiger partial charge on any atom is 0.241 e. The molecule has 0 radical (unpaired) electrons. The van der Waals surface area contributed by atoms with E-state index in [0.717, 1.165) is 32.6 Å². The van der Waals surface area contributed by atoms with Crippen molar-refractivity contribution in [3.63, 3.8) is 0 Å². The fourth-order valence-electron chi connectivity index (χ4n) is 2.47. The standard InChI is InChI=1S/C15H24N4O2/c1-11(19-8-3-6-17-7-9-19)15(20)18-13-5-4-12(16)10-14(13)21-2/h4-5,10-11,17H,3,6-9,16H2,1-2H3,(H,18,20). The summed E-state index contributed by atoms with van der Waals surface area (Å²) in [5.74, 6) is 0.549. The van der Waals surface area contributed by atoms with Gasteiger partial charge < -0.3 is 21.1 Å². The molecule has 1 saturated heterocycles. The van der Waals surface area contributed by atoms with E-state index >= 15 is 0 Å². The van der Waals surface area contributed by atoms with Gasteiger partial charge in [-0.15, -0.1) is 0 Å². The van der Waals surface area contributed by atoms with Gasteiger partial charge in [0.2, 0.25) is 5.91 Å². The Morgan fingerprint density at radius 1 is 1.43 bits per heavy atom. The normalized spacial score (nSPS) is 17.8. The lowest BCUT2D eigenvalue weighted by atomic mass is 10.2. The molecule has 2 rings (SSSR count). The summed E-state index contributed by atoms with van der Waals surface area (Å²) in [6.45, 7) is 5.68. The van der Waals surface area contributed by atoms with Gasteiger partial charge in [0, 0.05) is 31.4 Å². The molecule has 0 aliphatic carbocycles. The number of rotatable bonds is 4. The Bertz CT molecular complexity index is 485. The molecule has 6 heteroatoms. The van der Waals surface area contributed by atoms with E-state index in [1.807, 2.05) is 6.92 Å². The minimum absolute atomic E-state index is 0.0278. The molecule has 1 aromatic carbocycles. The van der Waals surface area contributed by atoms with E-state index in [0.29, 0.717) is 17.1 Å². The molecular formula is C15H24N4O2. The molecule has 1 atom stereocenters. The van der Waals surface area contributed by atoms with Gasteiger partial charge in [-0.05, 0) is 32.0 Å². The van der Waals surface area contributed by atoms with Gasteiger partial charge in [0.25, 0.3) is 0 Å². The molecule has 0 saturated carbocycles. The van der Waals surface area contributed by atoms with Gasteiger partial charge in [0.1, 0.15) is 5.75 Å². The topological polar surface area (TPSA) is 79.6 Å². The van der Waals surface area contributed by atoms with Crippen molar-refractivity contribution in [3.05, 3.63) is 18.2 Å². The van der Waals surface area contributed by atoms with Crippen molar-refractivity contribution in [2.75, 3.05) is 44.3 Å². The maximum absolute atomic E-state index is 12.4. The van der Waals surface area contributed by atoms with Crippen LogP contribution in [-0.4, -0.2) is 50.1 Å². The van der Waals surface area contributed by atoms with Crippen molar-refractivity contribution in [2.24, 2.45) is 0 Å². The first-order valence-corrected chi connectivity index (χ1v) is 7.31. The molecule has 0 bridgehead atoms. The highest BCUT2D eigenvalue weighted by Crippen LogP contribution is 2.26. The number of anilines is 2. The second-order valence-electron chi connectivity index (χ2n) is 5.26. The van der Waals surface area contributed by atoms with Crippen molar-refractivity contribution < 1.29 is 9.53 Å². The number of nitrogen functional groups attached to an aromatic ring is 1. The third-order valence-electron chi connectivity index (χ3n) is 3.79. The Hall–Kier alpha value is -1.79. The van der Waals surface area contributed by atoms with Crippen molar-refractivity contribution >= 4 is 17.3 Å². The third kappa shape index (κ3) is 4.09. The molecule has 0 spiro atoms. The van der Waals surface area contributed by atoms with Crippen molar-refractivity contribution in [1.29, 1.82) is 0 Å². The molecule has 116 valence electrons. The maximum atomic E-state index is 12.4. The van der Waals surface area contributed by atoms with E-state index in [4.69, 9.17) is 10.5 Å². The van der Waals surface area contributed by atoms with Crippen LogP contribution < -0.4 is 21.1 Å². The smallest absolute Gasteiger partial charge is 0.241 e. The number of carbonyl (C=O) groups is 1. The molecular weight excluding hydrogens is 268 g/mol. The zero-order chi connectivity index (χ0) is 15.2. The van der Waals surface area contributed by atoms with Gasteiger partial charge in [-0.1, -0.05) is 0 Å². The average molecular weight is 292 g/mol. The number of benzene rings is 1. The van der Waals surface area contributed by atoms with Crippen LogP contribution in [0.3, 0.4) is 0 Å². The molecule has 21 heavy (non-hydrogen) atoms. The summed E-state index contributed by atoms with van der Waals surface area (Å²) in [6, 6.07) is 5.05. The minimum atomic E-state index is -0.174. The van der Waals surface area contributed by atoms with Crippen LogP contribution in [0.2, 0.25) is 0 Å². The Labute approximate surface area is 125 Å². The van der Waals surface area contributed by atoms with E-state index in [2.05, 4.69) is 15.5 Å². The highest BCUT2D eigenvalue weighted by molar-refractivity contribution is 5.96. The number of nitrogens with two attached hydrogens (primary N) is 1. The summed E-state index contributed by atoms with van der Waals surface area (Å²) in [5, 5.41) is 6.26. The van der Waals surface area contributed by atoms with Crippen LogP contribution in [0.1, 0.15) is 13.3 Å². The lowest BCUT2D eigenvalue weighted by Crippen LogP contribution is -2.43. The van der Waals surface area contributed by atoms with Gasteiger partial charge in [-0.3, -0.25) is 9.69 Å². The van der Waals surface area contributed by atoms with Gasteiger partial charge in [-0.25, -0.2) is 0 Å². The Kier molecular flexibility index (Phi) is 5.41. The molecule has 0 aromatic heterocycles.